The maximum Gasteiger partial charge on any atom is 0.437 e. The maximum atomic E-state index is 12.8. The summed E-state index contributed by atoms with van der Waals surface area (Å²) in [5.74, 6) is 2.69. The molecule has 4 aliphatic rings. The molecule has 114 valence electrons. The Morgan fingerprint density at radius 2 is 1.48 bits per heavy atom. The molecule has 0 spiro atoms. The molecule has 3 nitrogen and oxygen atoms in total. The minimum absolute atomic E-state index is 0.0387. The van der Waals surface area contributed by atoms with Crippen LogP contribution in [0.4, 0.5) is 13.2 Å². The Kier molecular flexibility index (Phi) is 2.67. The van der Waals surface area contributed by atoms with E-state index in [-0.39, 0.29) is 11.1 Å². The third kappa shape index (κ3) is 2.06. The molecular formula is C15H18F3N3. The summed E-state index contributed by atoms with van der Waals surface area (Å²) in [7, 11) is 0. The first-order valence-corrected chi connectivity index (χ1v) is 7.65. The Hall–Kier alpha value is -1.20. The van der Waals surface area contributed by atoms with Crippen molar-refractivity contribution in [2.24, 2.45) is 17.8 Å². The average molecular weight is 297 g/mol. The van der Waals surface area contributed by atoms with Crippen LogP contribution in [0.1, 0.15) is 55.7 Å². The van der Waals surface area contributed by atoms with Gasteiger partial charge in [0, 0.05) is 5.41 Å². The van der Waals surface area contributed by atoms with E-state index in [4.69, 9.17) is 0 Å². The predicted molar refractivity (Wildman–Crippen MR) is 69.4 cm³/mol. The number of halogens is 3. The second-order valence-electron chi connectivity index (χ2n) is 7.27. The Labute approximate surface area is 121 Å². The Morgan fingerprint density at radius 1 is 0.952 bits per heavy atom. The van der Waals surface area contributed by atoms with E-state index in [1.54, 1.807) is 0 Å². The van der Waals surface area contributed by atoms with Gasteiger partial charge in [0.25, 0.3) is 0 Å². The van der Waals surface area contributed by atoms with Crippen molar-refractivity contribution >= 4 is 0 Å². The first-order chi connectivity index (χ1) is 9.86. The van der Waals surface area contributed by atoms with E-state index in [1.807, 2.05) is 0 Å². The average Bonchev–Trinajstić information content (AvgIpc) is 2.35. The van der Waals surface area contributed by atoms with Crippen molar-refractivity contribution in [1.82, 2.24) is 15.2 Å². The van der Waals surface area contributed by atoms with Gasteiger partial charge in [-0.15, -0.1) is 10.2 Å². The molecule has 0 N–H and O–H groups in total. The highest BCUT2D eigenvalue weighted by Crippen LogP contribution is 2.60. The summed E-state index contributed by atoms with van der Waals surface area (Å²) in [5.41, 5.74) is -1.09. The predicted octanol–water partition coefficient (Wildman–Crippen LogP) is 3.67. The van der Waals surface area contributed by atoms with Gasteiger partial charge >= 0.3 is 6.18 Å². The van der Waals surface area contributed by atoms with Gasteiger partial charge in [-0.05, 0) is 63.2 Å². The standard InChI is InChI=1S/C15H18F3N3/c1-8-12(15(16,17)18)20-21-13(19-8)14-5-9-2-10(6-14)4-11(3-9)7-14/h9-11H,2-7H2,1H3. The van der Waals surface area contributed by atoms with Crippen LogP contribution in [0.3, 0.4) is 0 Å². The molecule has 0 atom stereocenters. The van der Waals surface area contributed by atoms with E-state index in [1.165, 1.54) is 26.2 Å². The number of rotatable bonds is 1. The van der Waals surface area contributed by atoms with Crippen LogP contribution in [0.5, 0.6) is 0 Å². The first-order valence-electron chi connectivity index (χ1n) is 7.65. The minimum atomic E-state index is -4.47. The van der Waals surface area contributed by atoms with Gasteiger partial charge in [-0.25, -0.2) is 4.98 Å². The highest BCUT2D eigenvalue weighted by Gasteiger charge is 2.53. The quantitative estimate of drug-likeness (QED) is 0.794. The Morgan fingerprint density at radius 3 is 1.90 bits per heavy atom. The molecule has 4 fully saturated rings. The molecule has 6 heteroatoms. The SMILES string of the molecule is Cc1nc(C23CC4CC(CC(C4)C2)C3)nnc1C(F)(F)F. The largest absolute Gasteiger partial charge is 0.437 e. The highest BCUT2D eigenvalue weighted by molar-refractivity contribution is 5.20. The van der Waals surface area contributed by atoms with Crippen LogP contribution in [0.15, 0.2) is 0 Å². The summed E-state index contributed by atoms with van der Waals surface area (Å²) in [4.78, 5) is 4.24. The lowest BCUT2D eigenvalue weighted by atomic mass is 9.49. The molecule has 0 aliphatic heterocycles. The van der Waals surface area contributed by atoms with Crippen molar-refractivity contribution < 1.29 is 13.2 Å². The molecule has 0 saturated heterocycles. The Balaban J connectivity index is 1.72. The number of aryl methyl sites for hydroxylation is 1. The van der Waals surface area contributed by atoms with E-state index in [0.717, 1.165) is 19.3 Å². The zero-order valence-corrected chi connectivity index (χ0v) is 12.0. The molecule has 0 unspecified atom stereocenters. The van der Waals surface area contributed by atoms with Crippen LogP contribution in [-0.4, -0.2) is 15.2 Å². The van der Waals surface area contributed by atoms with E-state index >= 15 is 0 Å². The topological polar surface area (TPSA) is 38.7 Å². The van der Waals surface area contributed by atoms with E-state index in [2.05, 4.69) is 15.2 Å². The number of hydrogen-bond donors (Lipinski definition) is 0. The molecule has 5 rings (SSSR count). The van der Waals surface area contributed by atoms with Gasteiger partial charge in [0.05, 0.1) is 5.69 Å². The zero-order valence-electron chi connectivity index (χ0n) is 12.0. The molecule has 1 heterocycles. The number of aromatic nitrogens is 3. The third-order valence-corrected chi connectivity index (χ3v) is 5.64. The van der Waals surface area contributed by atoms with Gasteiger partial charge in [0.1, 0.15) is 0 Å². The summed E-state index contributed by atoms with van der Waals surface area (Å²) in [6, 6.07) is 0. The van der Waals surface area contributed by atoms with Crippen molar-refractivity contribution in [2.45, 2.75) is 57.0 Å². The summed E-state index contributed by atoms with van der Waals surface area (Å²) < 4.78 is 38.4. The molecule has 0 amide bonds. The lowest BCUT2D eigenvalue weighted by molar-refractivity contribution is -0.142. The third-order valence-electron chi connectivity index (χ3n) is 5.64. The molecule has 0 aromatic carbocycles. The smallest absolute Gasteiger partial charge is 0.233 e. The van der Waals surface area contributed by atoms with Crippen LogP contribution in [0, 0.1) is 24.7 Å². The summed E-state index contributed by atoms with van der Waals surface area (Å²) >= 11 is 0. The Bertz CT molecular complexity index is 547. The molecular weight excluding hydrogens is 279 g/mol. The van der Waals surface area contributed by atoms with Gasteiger partial charge in [-0.2, -0.15) is 13.2 Å². The van der Waals surface area contributed by atoms with Crippen LogP contribution >= 0.6 is 0 Å². The number of alkyl halides is 3. The van der Waals surface area contributed by atoms with E-state index in [0.29, 0.717) is 23.6 Å². The van der Waals surface area contributed by atoms with Gasteiger partial charge < -0.3 is 0 Å². The molecule has 1 aromatic rings. The van der Waals surface area contributed by atoms with E-state index < -0.39 is 11.9 Å². The first kappa shape index (κ1) is 13.5. The fourth-order valence-corrected chi connectivity index (χ4v) is 5.27. The van der Waals surface area contributed by atoms with Gasteiger partial charge in [0.15, 0.2) is 11.5 Å². The van der Waals surface area contributed by atoms with Crippen LogP contribution < -0.4 is 0 Å². The van der Waals surface area contributed by atoms with Gasteiger partial charge in [-0.1, -0.05) is 0 Å². The van der Waals surface area contributed by atoms with E-state index in [9.17, 15) is 13.2 Å². The normalized spacial score (nSPS) is 38.0. The van der Waals surface area contributed by atoms with Crippen LogP contribution in [0.2, 0.25) is 0 Å². The monoisotopic (exact) mass is 297 g/mol. The van der Waals surface area contributed by atoms with Crippen LogP contribution in [-0.2, 0) is 11.6 Å². The molecule has 4 saturated carbocycles. The second kappa shape index (κ2) is 4.17. The number of nitrogens with zero attached hydrogens (tertiary/aromatic N) is 3. The molecule has 1 aromatic heterocycles. The summed E-state index contributed by atoms with van der Waals surface area (Å²) in [6.07, 6.45) is 2.48. The minimum Gasteiger partial charge on any atom is -0.233 e. The maximum absolute atomic E-state index is 12.8. The van der Waals surface area contributed by atoms with Gasteiger partial charge in [-0.3, -0.25) is 0 Å². The lowest BCUT2D eigenvalue weighted by Gasteiger charge is -2.55. The number of hydrogen-bond acceptors (Lipinski definition) is 3. The fraction of sp³-hybridized carbons (Fsp3) is 0.800. The van der Waals surface area contributed by atoms with Crippen molar-refractivity contribution in [3.63, 3.8) is 0 Å². The molecule has 4 bridgehead atoms. The fourth-order valence-electron chi connectivity index (χ4n) is 5.27. The zero-order chi connectivity index (χ0) is 14.8. The van der Waals surface area contributed by atoms with Crippen LogP contribution in [0.25, 0.3) is 0 Å². The molecule has 4 aliphatic carbocycles. The van der Waals surface area contributed by atoms with Gasteiger partial charge in [0.2, 0.25) is 0 Å². The second-order valence-corrected chi connectivity index (χ2v) is 7.27. The van der Waals surface area contributed by atoms with Crippen molar-refractivity contribution in [3.05, 3.63) is 17.2 Å². The van der Waals surface area contributed by atoms with Crippen molar-refractivity contribution in [1.29, 1.82) is 0 Å². The molecule has 21 heavy (non-hydrogen) atoms. The summed E-state index contributed by atoms with van der Waals surface area (Å²) in [5, 5.41) is 7.38. The molecule has 0 radical (unpaired) electrons. The summed E-state index contributed by atoms with van der Waals surface area (Å²) in [6.45, 7) is 1.39. The van der Waals surface area contributed by atoms with Crippen molar-refractivity contribution in [3.8, 4) is 0 Å². The van der Waals surface area contributed by atoms with Crippen molar-refractivity contribution in [2.75, 3.05) is 0 Å². The lowest BCUT2D eigenvalue weighted by Crippen LogP contribution is -2.49. The highest BCUT2D eigenvalue weighted by atomic mass is 19.4.